The molecule has 2 nitrogen and oxygen atoms in total. The molecule has 0 spiro atoms. The highest BCUT2D eigenvalue weighted by molar-refractivity contribution is 6.55. The maximum absolute atomic E-state index is 8.99. The first-order chi connectivity index (χ1) is 12.1. The van der Waals surface area contributed by atoms with Crippen molar-refractivity contribution in [1.82, 2.24) is 0 Å². The normalized spacial score (nSPS) is 26.8. The maximum atomic E-state index is 8.99. The van der Waals surface area contributed by atoms with E-state index in [1.165, 1.54) is 55.7 Å². The topological polar surface area (TPSA) is 36.2 Å². The van der Waals surface area contributed by atoms with Crippen molar-refractivity contribution < 1.29 is 0 Å². The molecule has 25 heavy (non-hydrogen) atoms. The number of hydrogen-bond donors (Lipinski definition) is 1. The summed E-state index contributed by atoms with van der Waals surface area (Å²) in [6, 6.07) is 0. The van der Waals surface area contributed by atoms with Gasteiger partial charge in [-0.25, -0.2) is 0 Å². The summed E-state index contributed by atoms with van der Waals surface area (Å²) in [4.78, 5) is 4.63. The first kappa shape index (κ1) is 15.1. The van der Waals surface area contributed by atoms with Gasteiger partial charge in [0.25, 0.3) is 0 Å². The molecule has 0 bridgehead atoms. The van der Waals surface area contributed by atoms with Crippen molar-refractivity contribution in [3.05, 3.63) is 67.9 Å². The fraction of sp³-hybridized carbons (Fsp3) is 0.391. The molecule has 0 atom stereocenters. The molecule has 0 saturated heterocycles. The summed E-state index contributed by atoms with van der Waals surface area (Å²) in [7, 11) is 1.86. The molecule has 0 amide bonds. The molecule has 0 aliphatic heterocycles. The summed E-state index contributed by atoms with van der Waals surface area (Å²) in [6.45, 7) is 4.44. The lowest BCUT2D eigenvalue weighted by atomic mass is 9.69. The summed E-state index contributed by atoms with van der Waals surface area (Å²) in [5.41, 5.74) is 15.8. The lowest BCUT2D eigenvalue weighted by Gasteiger charge is -2.35. The molecule has 0 aromatic rings. The van der Waals surface area contributed by atoms with Crippen LogP contribution in [0.15, 0.2) is 72.9 Å². The molecule has 0 aromatic heterocycles. The molecular weight excluding hydrogens is 304 g/mol. The van der Waals surface area contributed by atoms with Crippen LogP contribution in [0.3, 0.4) is 0 Å². The molecule has 126 valence electrons. The Balaban J connectivity index is 1.73. The van der Waals surface area contributed by atoms with E-state index in [0.29, 0.717) is 5.71 Å². The van der Waals surface area contributed by atoms with E-state index >= 15 is 0 Å². The minimum Gasteiger partial charge on any atom is -0.298 e. The van der Waals surface area contributed by atoms with Crippen molar-refractivity contribution in [2.45, 2.75) is 52.4 Å². The van der Waals surface area contributed by atoms with Gasteiger partial charge in [-0.15, -0.1) is 0 Å². The van der Waals surface area contributed by atoms with Crippen LogP contribution in [-0.4, -0.2) is 18.5 Å². The average molecular weight is 328 g/mol. The van der Waals surface area contributed by atoms with Crippen LogP contribution >= 0.6 is 0 Å². The monoisotopic (exact) mass is 328 g/mol. The molecule has 0 radical (unpaired) electrons. The Morgan fingerprint density at radius 2 is 1.28 bits per heavy atom. The molecular formula is C23H24N2. The van der Waals surface area contributed by atoms with Crippen LogP contribution < -0.4 is 0 Å². The Morgan fingerprint density at radius 1 is 0.760 bits per heavy atom. The van der Waals surface area contributed by atoms with Gasteiger partial charge in [0.05, 0.1) is 11.4 Å². The smallest absolute Gasteiger partial charge is 0.0904 e. The number of rotatable bonds is 0. The van der Waals surface area contributed by atoms with E-state index in [2.05, 4.69) is 31.0 Å². The molecule has 5 aliphatic carbocycles. The molecule has 0 saturated carbocycles. The van der Waals surface area contributed by atoms with Crippen molar-refractivity contribution in [2.24, 2.45) is 4.99 Å². The average Bonchev–Trinajstić information content (AvgIpc) is 3.15. The number of hydrogen-bond acceptors (Lipinski definition) is 2. The second kappa shape index (κ2) is 5.14. The Hall–Kier alpha value is -2.22. The third-order valence-electron chi connectivity index (χ3n) is 6.34. The summed E-state index contributed by atoms with van der Waals surface area (Å²) in [5.74, 6) is 0. The van der Waals surface area contributed by atoms with Crippen LogP contribution in [0.1, 0.15) is 52.4 Å². The summed E-state index contributed by atoms with van der Waals surface area (Å²) < 4.78 is 0. The highest BCUT2D eigenvalue weighted by Gasteiger charge is 2.39. The van der Waals surface area contributed by atoms with Gasteiger partial charge in [-0.3, -0.25) is 10.4 Å². The van der Waals surface area contributed by atoms with Crippen LogP contribution in [-0.2, 0) is 0 Å². The van der Waals surface area contributed by atoms with Crippen molar-refractivity contribution >= 4 is 11.4 Å². The van der Waals surface area contributed by atoms with Gasteiger partial charge in [-0.2, -0.15) is 0 Å². The van der Waals surface area contributed by atoms with E-state index < -0.39 is 0 Å². The molecule has 0 fully saturated rings. The maximum Gasteiger partial charge on any atom is 0.0904 e. The van der Waals surface area contributed by atoms with Gasteiger partial charge in [-0.1, -0.05) is 23.3 Å². The Bertz CT molecular complexity index is 968. The van der Waals surface area contributed by atoms with Crippen molar-refractivity contribution in [1.29, 1.82) is 5.41 Å². The van der Waals surface area contributed by atoms with Gasteiger partial charge in [0.1, 0.15) is 0 Å². The standard InChI is InChI=1S/C23H24N2/c1-12-8-14-4-6-16-17-7-5-15-9-13(2)11-19(15)21(17)23(25-3)22(24)20(16)18(14)10-12/h8-9,24H,4-7,10-11H2,1-3H3. The van der Waals surface area contributed by atoms with Gasteiger partial charge in [-0.05, 0) is 85.8 Å². The van der Waals surface area contributed by atoms with Gasteiger partial charge in [0.2, 0.25) is 0 Å². The van der Waals surface area contributed by atoms with E-state index in [1.807, 2.05) is 7.05 Å². The first-order valence-electron chi connectivity index (χ1n) is 9.40. The van der Waals surface area contributed by atoms with Gasteiger partial charge in [0.15, 0.2) is 0 Å². The number of nitrogens with one attached hydrogen (secondary N) is 1. The van der Waals surface area contributed by atoms with Crippen molar-refractivity contribution in [3.8, 4) is 0 Å². The van der Waals surface area contributed by atoms with Gasteiger partial charge >= 0.3 is 0 Å². The minimum atomic E-state index is 0.671. The fourth-order valence-corrected chi connectivity index (χ4v) is 5.39. The number of nitrogens with zero attached hydrogens (tertiary/aromatic N) is 1. The van der Waals surface area contributed by atoms with Crippen LogP contribution in [0.5, 0.6) is 0 Å². The summed E-state index contributed by atoms with van der Waals surface area (Å²) >= 11 is 0. The van der Waals surface area contributed by atoms with Crippen LogP contribution in [0.4, 0.5) is 0 Å². The Morgan fingerprint density at radius 3 is 1.84 bits per heavy atom. The van der Waals surface area contributed by atoms with Crippen molar-refractivity contribution in [3.63, 3.8) is 0 Å². The predicted molar refractivity (Wildman–Crippen MR) is 104 cm³/mol. The second-order valence-electron chi connectivity index (χ2n) is 8.00. The van der Waals surface area contributed by atoms with E-state index in [0.717, 1.165) is 44.2 Å². The molecule has 5 rings (SSSR count). The fourth-order valence-electron chi connectivity index (χ4n) is 5.39. The largest absolute Gasteiger partial charge is 0.298 e. The third-order valence-corrected chi connectivity index (χ3v) is 6.34. The SMILES string of the molecule is CN=C1C(=N)C2=C(CCC3=C2CC(C)=C3)C2=C1C1=C(C=C(C)C1)CC2. The molecule has 0 unspecified atom stereocenters. The summed E-state index contributed by atoms with van der Waals surface area (Å²) in [5, 5.41) is 8.99. The first-order valence-corrected chi connectivity index (χ1v) is 9.40. The van der Waals surface area contributed by atoms with E-state index in [1.54, 1.807) is 0 Å². The number of aliphatic imine (C=N–C) groups is 1. The van der Waals surface area contributed by atoms with Gasteiger partial charge in [0, 0.05) is 18.2 Å². The molecule has 1 N–H and O–H groups in total. The number of fused-ring (bicyclic) bond motifs is 3. The predicted octanol–water partition coefficient (Wildman–Crippen LogP) is 5.56. The Kier molecular flexibility index (Phi) is 3.10. The van der Waals surface area contributed by atoms with E-state index in [-0.39, 0.29) is 0 Å². The third kappa shape index (κ3) is 1.97. The van der Waals surface area contributed by atoms with E-state index in [4.69, 9.17) is 5.41 Å². The Labute approximate surface area is 149 Å². The van der Waals surface area contributed by atoms with Crippen LogP contribution in [0.25, 0.3) is 0 Å². The minimum absolute atomic E-state index is 0.671. The van der Waals surface area contributed by atoms with E-state index in [9.17, 15) is 0 Å². The van der Waals surface area contributed by atoms with Crippen LogP contribution in [0, 0.1) is 5.41 Å². The molecule has 0 heterocycles. The zero-order chi connectivity index (χ0) is 17.3. The highest BCUT2D eigenvalue weighted by Crippen LogP contribution is 2.50. The zero-order valence-electron chi connectivity index (χ0n) is 15.3. The second-order valence-corrected chi connectivity index (χ2v) is 8.00. The quantitative estimate of drug-likeness (QED) is 0.565. The molecule has 5 aliphatic rings. The highest BCUT2D eigenvalue weighted by atomic mass is 14.7. The lowest BCUT2D eigenvalue weighted by molar-refractivity contribution is 0.837. The van der Waals surface area contributed by atoms with Crippen LogP contribution in [0.2, 0.25) is 0 Å². The zero-order valence-corrected chi connectivity index (χ0v) is 15.3. The summed E-state index contributed by atoms with van der Waals surface area (Å²) in [6.07, 6.45) is 11.3. The molecule has 0 aromatic carbocycles. The number of allylic oxidation sites excluding steroid dienone is 12. The molecule has 2 heteroatoms. The lowest BCUT2D eigenvalue weighted by Crippen LogP contribution is -2.30. The van der Waals surface area contributed by atoms with Gasteiger partial charge < -0.3 is 0 Å². The van der Waals surface area contributed by atoms with Crippen molar-refractivity contribution in [2.75, 3.05) is 7.05 Å².